The van der Waals surface area contributed by atoms with Gasteiger partial charge >= 0.3 is 5.97 Å². The summed E-state index contributed by atoms with van der Waals surface area (Å²) in [5, 5.41) is 35.2. The number of aliphatic carboxylic acids is 1. The third kappa shape index (κ3) is 12.9. The van der Waals surface area contributed by atoms with Crippen molar-refractivity contribution in [3.05, 3.63) is 29.8 Å². The SMILES string of the molecule is NCCCCC(NC(=O)C(N)Cc1ccc(O)cc1)C(=O)NC(CCCN=C(N)N)C(=O)NC(CO)C(=O)O. The largest absolute Gasteiger partial charge is 0.508 e. The van der Waals surface area contributed by atoms with Crippen molar-refractivity contribution in [1.29, 1.82) is 0 Å². The Labute approximate surface area is 226 Å². The molecule has 15 nitrogen and oxygen atoms in total. The molecule has 0 radical (unpaired) electrons. The van der Waals surface area contributed by atoms with Gasteiger partial charge in [-0.25, -0.2) is 4.79 Å². The highest BCUT2D eigenvalue weighted by molar-refractivity contribution is 5.94. The molecule has 0 saturated carbocycles. The maximum atomic E-state index is 13.2. The molecule has 15 heteroatoms. The molecule has 39 heavy (non-hydrogen) atoms. The molecule has 0 aliphatic heterocycles. The number of aliphatic imine (C=N–C) groups is 1. The number of guanidine groups is 1. The van der Waals surface area contributed by atoms with Crippen LogP contribution in [0.4, 0.5) is 0 Å². The summed E-state index contributed by atoms with van der Waals surface area (Å²) < 4.78 is 0. The van der Waals surface area contributed by atoms with Crippen molar-refractivity contribution in [2.24, 2.45) is 27.9 Å². The molecule has 218 valence electrons. The number of phenolic OH excluding ortho intramolecular Hbond substituents is 1. The molecule has 4 unspecified atom stereocenters. The number of hydrogen-bond acceptors (Lipinski definition) is 9. The number of hydrogen-bond donors (Lipinski definition) is 10. The second-order valence-corrected chi connectivity index (χ2v) is 8.91. The van der Waals surface area contributed by atoms with Crippen LogP contribution in [0, 0.1) is 0 Å². The summed E-state index contributed by atoms with van der Waals surface area (Å²) in [6.07, 6.45) is 1.73. The molecule has 3 amide bonds. The molecule has 0 aliphatic carbocycles. The van der Waals surface area contributed by atoms with E-state index in [-0.39, 0.29) is 43.9 Å². The van der Waals surface area contributed by atoms with E-state index < -0.39 is 54.5 Å². The Kier molecular flexibility index (Phi) is 14.9. The number of carbonyl (C=O) groups is 4. The maximum absolute atomic E-state index is 13.2. The van der Waals surface area contributed by atoms with Crippen LogP contribution in [-0.2, 0) is 25.6 Å². The molecule has 0 spiro atoms. The first-order valence-electron chi connectivity index (χ1n) is 12.5. The number of nitrogens with one attached hydrogen (secondary N) is 3. The number of amides is 3. The smallest absolute Gasteiger partial charge is 0.328 e. The minimum atomic E-state index is -1.58. The fourth-order valence-electron chi connectivity index (χ4n) is 3.52. The topological polar surface area (TPSA) is 282 Å². The van der Waals surface area contributed by atoms with Gasteiger partial charge in [-0.15, -0.1) is 0 Å². The van der Waals surface area contributed by atoms with Crippen LogP contribution in [0.15, 0.2) is 29.3 Å². The molecule has 0 fully saturated rings. The van der Waals surface area contributed by atoms with E-state index in [1.807, 2.05) is 0 Å². The Morgan fingerprint density at radius 2 is 1.38 bits per heavy atom. The fraction of sp³-hybridized carbons (Fsp3) is 0.542. The predicted molar refractivity (Wildman–Crippen MR) is 143 cm³/mol. The quantitative estimate of drug-likeness (QED) is 0.0496. The van der Waals surface area contributed by atoms with Gasteiger partial charge in [-0.05, 0) is 62.8 Å². The van der Waals surface area contributed by atoms with Crippen LogP contribution in [0.5, 0.6) is 5.75 Å². The number of nitrogens with zero attached hydrogens (tertiary/aromatic N) is 1. The number of nitrogens with two attached hydrogens (primary N) is 4. The van der Waals surface area contributed by atoms with E-state index in [4.69, 9.17) is 28.0 Å². The van der Waals surface area contributed by atoms with E-state index in [1.165, 1.54) is 12.1 Å². The predicted octanol–water partition coefficient (Wildman–Crippen LogP) is -3.02. The molecular formula is C24H40N8O7. The zero-order chi connectivity index (χ0) is 29.4. The molecule has 0 aromatic heterocycles. The molecule has 1 rings (SSSR count). The van der Waals surface area contributed by atoms with E-state index in [1.54, 1.807) is 12.1 Å². The number of aromatic hydroxyl groups is 1. The van der Waals surface area contributed by atoms with Crippen molar-refractivity contribution in [3.63, 3.8) is 0 Å². The van der Waals surface area contributed by atoms with Gasteiger partial charge in [-0.2, -0.15) is 0 Å². The number of rotatable bonds is 18. The van der Waals surface area contributed by atoms with Crippen LogP contribution in [-0.4, -0.2) is 88.8 Å². The lowest BCUT2D eigenvalue weighted by Crippen LogP contribution is -2.57. The van der Waals surface area contributed by atoms with E-state index in [0.29, 0.717) is 24.9 Å². The van der Waals surface area contributed by atoms with E-state index in [0.717, 1.165) is 0 Å². The lowest BCUT2D eigenvalue weighted by Gasteiger charge is -2.25. The second-order valence-electron chi connectivity index (χ2n) is 8.91. The van der Waals surface area contributed by atoms with Gasteiger partial charge in [0.05, 0.1) is 12.6 Å². The Morgan fingerprint density at radius 3 is 1.90 bits per heavy atom. The van der Waals surface area contributed by atoms with Crippen molar-refractivity contribution in [2.75, 3.05) is 19.7 Å². The van der Waals surface area contributed by atoms with Gasteiger partial charge in [0.25, 0.3) is 0 Å². The fourth-order valence-corrected chi connectivity index (χ4v) is 3.52. The minimum absolute atomic E-state index is 0.0377. The standard InChI is InChI=1S/C24H40N8O7/c25-10-2-1-4-17(30-20(35)16(26)12-14-6-8-15(34)9-7-14)21(36)31-18(5-3-11-29-24(27)28)22(37)32-19(13-33)23(38)39/h6-9,16-19,33-34H,1-5,10-13,25-26H2,(H,30,35)(H,31,36)(H,32,37)(H,38,39)(H4,27,28,29). The van der Waals surface area contributed by atoms with E-state index in [9.17, 15) is 29.4 Å². The zero-order valence-electron chi connectivity index (χ0n) is 21.7. The summed E-state index contributed by atoms with van der Waals surface area (Å²) >= 11 is 0. The highest BCUT2D eigenvalue weighted by Gasteiger charge is 2.30. The molecular weight excluding hydrogens is 512 g/mol. The lowest BCUT2D eigenvalue weighted by atomic mass is 10.0. The monoisotopic (exact) mass is 552 g/mol. The van der Waals surface area contributed by atoms with Crippen LogP contribution < -0.4 is 38.9 Å². The second kappa shape index (κ2) is 17.5. The number of aliphatic hydroxyl groups excluding tert-OH is 1. The van der Waals surface area contributed by atoms with Crippen LogP contribution >= 0.6 is 0 Å². The Bertz CT molecular complexity index is 970. The van der Waals surface area contributed by atoms with Gasteiger partial charge in [0.2, 0.25) is 17.7 Å². The highest BCUT2D eigenvalue weighted by atomic mass is 16.4. The third-order valence-corrected chi connectivity index (χ3v) is 5.68. The van der Waals surface area contributed by atoms with Gasteiger partial charge in [-0.3, -0.25) is 19.4 Å². The number of unbranched alkanes of at least 4 members (excludes halogenated alkanes) is 1. The van der Waals surface area contributed by atoms with E-state index >= 15 is 0 Å². The first-order chi connectivity index (χ1) is 18.5. The number of aliphatic hydroxyl groups is 1. The van der Waals surface area contributed by atoms with Crippen LogP contribution in [0.2, 0.25) is 0 Å². The summed E-state index contributed by atoms with van der Waals surface area (Å²) in [7, 11) is 0. The normalized spacial score (nSPS) is 13.8. The Morgan fingerprint density at radius 1 is 0.846 bits per heavy atom. The maximum Gasteiger partial charge on any atom is 0.328 e. The number of phenols is 1. The minimum Gasteiger partial charge on any atom is -0.508 e. The van der Waals surface area contributed by atoms with Crippen LogP contribution in [0.25, 0.3) is 0 Å². The summed E-state index contributed by atoms with van der Waals surface area (Å²) in [6.45, 7) is -0.338. The molecule has 1 aromatic carbocycles. The highest BCUT2D eigenvalue weighted by Crippen LogP contribution is 2.11. The van der Waals surface area contributed by atoms with Crippen molar-refractivity contribution in [3.8, 4) is 5.75 Å². The van der Waals surface area contributed by atoms with Crippen LogP contribution in [0.3, 0.4) is 0 Å². The van der Waals surface area contributed by atoms with Crippen molar-refractivity contribution < 1.29 is 34.5 Å². The molecule has 1 aromatic rings. The average Bonchev–Trinajstić information content (AvgIpc) is 2.88. The van der Waals surface area contributed by atoms with Crippen molar-refractivity contribution in [2.45, 2.75) is 62.7 Å². The molecule has 4 atom stereocenters. The molecule has 0 saturated heterocycles. The first kappa shape index (κ1) is 33.1. The molecule has 0 aliphatic rings. The number of carboxylic acid groups (broad SMARTS) is 1. The summed E-state index contributed by atoms with van der Waals surface area (Å²) in [6, 6.07) is 1.33. The van der Waals surface area contributed by atoms with Gasteiger partial charge in [0.15, 0.2) is 5.96 Å². The first-order valence-corrected chi connectivity index (χ1v) is 12.5. The molecule has 0 heterocycles. The van der Waals surface area contributed by atoms with Gasteiger partial charge < -0.3 is 54.2 Å². The Hall–Kier alpha value is -3.95. The number of carboxylic acids is 1. The van der Waals surface area contributed by atoms with Crippen molar-refractivity contribution >= 4 is 29.7 Å². The number of benzene rings is 1. The molecule has 14 N–H and O–H groups in total. The third-order valence-electron chi connectivity index (χ3n) is 5.68. The molecule has 0 bridgehead atoms. The number of carbonyl (C=O) groups excluding carboxylic acids is 3. The summed E-state index contributed by atoms with van der Waals surface area (Å²) in [5.74, 6) is -3.67. The zero-order valence-corrected chi connectivity index (χ0v) is 21.7. The van der Waals surface area contributed by atoms with Gasteiger partial charge in [0, 0.05) is 6.54 Å². The summed E-state index contributed by atoms with van der Waals surface area (Å²) in [5.41, 5.74) is 22.9. The average molecular weight is 553 g/mol. The lowest BCUT2D eigenvalue weighted by molar-refractivity contribution is -0.143. The van der Waals surface area contributed by atoms with Gasteiger partial charge in [-0.1, -0.05) is 12.1 Å². The Balaban J connectivity index is 2.99. The van der Waals surface area contributed by atoms with Crippen LogP contribution in [0.1, 0.15) is 37.7 Å². The summed E-state index contributed by atoms with van der Waals surface area (Å²) in [4.78, 5) is 53.9. The van der Waals surface area contributed by atoms with Crippen molar-refractivity contribution in [1.82, 2.24) is 16.0 Å². The van der Waals surface area contributed by atoms with E-state index in [2.05, 4.69) is 20.9 Å². The van der Waals surface area contributed by atoms with Gasteiger partial charge in [0.1, 0.15) is 23.9 Å².